The van der Waals surface area contributed by atoms with Crippen LogP contribution in [0.5, 0.6) is 0 Å². The van der Waals surface area contributed by atoms with E-state index in [1.165, 1.54) is 12.3 Å². The van der Waals surface area contributed by atoms with E-state index >= 15 is 0 Å². The van der Waals surface area contributed by atoms with Gasteiger partial charge in [-0.15, -0.1) is 0 Å². The van der Waals surface area contributed by atoms with Gasteiger partial charge in [-0.3, -0.25) is 9.78 Å². The van der Waals surface area contributed by atoms with Crippen LogP contribution in [0.3, 0.4) is 0 Å². The van der Waals surface area contributed by atoms with Crippen LogP contribution < -0.4 is 10.8 Å². The summed E-state index contributed by atoms with van der Waals surface area (Å²) in [6, 6.07) is 4.66. The number of anilines is 1. The summed E-state index contributed by atoms with van der Waals surface area (Å²) in [5, 5.41) is 25.4. The van der Waals surface area contributed by atoms with Crippen LogP contribution in [0, 0.1) is 5.21 Å². The van der Waals surface area contributed by atoms with Crippen LogP contribution in [-0.2, 0) is 4.74 Å². The molecule has 0 saturated carbocycles. The van der Waals surface area contributed by atoms with Crippen LogP contribution in [0.25, 0.3) is 10.9 Å². The molecule has 2 aromatic rings. The second kappa shape index (κ2) is 8.86. The SMILES string of the molecule is CC(C)(C)OC(=O)N1CCC(O)(CNC(=O)c2cc(Cl)c(N[O-])c3cccnc23)CC1. The quantitative estimate of drug-likeness (QED) is 0.611. The Hall–Kier alpha value is -2.62. The van der Waals surface area contributed by atoms with Gasteiger partial charge in [0.2, 0.25) is 0 Å². The Morgan fingerprint density at radius 3 is 2.65 bits per heavy atom. The van der Waals surface area contributed by atoms with Crippen molar-refractivity contribution in [1.82, 2.24) is 15.2 Å². The molecule has 1 aromatic heterocycles. The molecule has 1 fully saturated rings. The molecule has 0 spiro atoms. The highest BCUT2D eigenvalue weighted by atomic mass is 35.5. The minimum absolute atomic E-state index is 0.00148. The maximum absolute atomic E-state index is 12.8. The highest BCUT2D eigenvalue weighted by molar-refractivity contribution is 6.35. The van der Waals surface area contributed by atoms with Crippen molar-refractivity contribution in [2.45, 2.75) is 44.8 Å². The Labute approximate surface area is 185 Å². The van der Waals surface area contributed by atoms with Gasteiger partial charge in [-0.2, -0.15) is 0 Å². The average Bonchev–Trinajstić information content (AvgIpc) is 2.71. The molecule has 9 nitrogen and oxygen atoms in total. The number of carbonyl (C=O) groups is 2. The minimum atomic E-state index is -1.16. The lowest BCUT2D eigenvalue weighted by Gasteiger charge is -2.38. The number of likely N-dealkylation sites (tertiary alicyclic amines) is 1. The van der Waals surface area contributed by atoms with E-state index in [9.17, 15) is 19.9 Å². The average molecular weight is 450 g/mol. The zero-order chi connectivity index (χ0) is 22.8. The van der Waals surface area contributed by atoms with E-state index < -0.39 is 23.2 Å². The Morgan fingerprint density at radius 2 is 2.03 bits per heavy atom. The Kier molecular flexibility index (Phi) is 6.59. The molecule has 2 heterocycles. The van der Waals surface area contributed by atoms with E-state index in [4.69, 9.17) is 16.3 Å². The summed E-state index contributed by atoms with van der Waals surface area (Å²) in [6.07, 6.45) is 1.69. The summed E-state index contributed by atoms with van der Waals surface area (Å²) in [4.78, 5) is 30.8. The summed E-state index contributed by atoms with van der Waals surface area (Å²) >= 11 is 6.15. The molecule has 1 aromatic carbocycles. The number of piperidine rings is 1. The monoisotopic (exact) mass is 449 g/mol. The van der Waals surface area contributed by atoms with Crippen LogP contribution >= 0.6 is 11.6 Å². The molecule has 0 aliphatic carbocycles. The molecule has 31 heavy (non-hydrogen) atoms. The molecule has 3 rings (SSSR count). The summed E-state index contributed by atoms with van der Waals surface area (Å²) in [5.41, 5.74) is 0.720. The number of benzene rings is 1. The number of nitrogens with one attached hydrogen (secondary N) is 2. The fourth-order valence-corrected chi connectivity index (χ4v) is 3.69. The zero-order valence-corrected chi connectivity index (χ0v) is 18.5. The highest BCUT2D eigenvalue weighted by Gasteiger charge is 2.36. The number of hydrogen-bond donors (Lipinski definition) is 3. The first-order chi connectivity index (χ1) is 14.5. The number of carbonyl (C=O) groups excluding carboxylic acids is 2. The number of fused-ring (bicyclic) bond motifs is 1. The van der Waals surface area contributed by atoms with Gasteiger partial charge >= 0.3 is 6.09 Å². The topological polar surface area (TPSA) is 127 Å². The second-order valence-corrected chi connectivity index (χ2v) is 9.06. The third-order valence-corrected chi connectivity index (χ3v) is 5.41. The number of pyridine rings is 1. The smallest absolute Gasteiger partial charge is 0.410 e. The van der Waals surface area contributed by atoms with E-state index in [1.807, 2.05) is 0 Å². The molecule has 1 aliphatic rings. The van der Waals surface area contributed by atoms with Crippen LogP contribution in [0.15, 0.2) is 24.4 Å². The largest absolute Gasteiger partial charge is 0.761 e. The van der Waals surface area contributed by atoms with Gasteiger partial charge < -0.3 is 30.7 Å². The van der Waals surface area contributed by atoms with Crippen molar-refractivity contribution in [3.8, 4) is 0 Å². The van der Waals surface area contributed by atoms with Crippen molar-refractivity contribution in [2.75, 3.05) is 25.1 Å². The molecular formula is C21H26ClN4O5-. The van der Waals surface area contributed by atoms with Gasteiger partial charge in [-0.1, -0.05) is 11.6 Å². The van der Waals surface area contributed by atoms with Gasteiger partial charge in [-0.25, -0.2) is 4.79 Å². The molecule has 0 bridgehead atoms. The van der Waals surface area contributed by atoms with Crippen molar-refractivity contribution in [3.05, 3.63) is 40.2 Å². The number of amides is 2. The third kappa shape index (κ3) is 5.36. The van der Waals surface area contributed by atoms with E-state index in [0.717, 1.165) is 0 Å². The van der Waals surface area contributed by atoms with E-state index in [-0.39, 0.29) is 22.8 Å². The lowest BCUT2D eigenvalue weighted by Crippen LogP contribution is -2.52. The molecule has 2 amide bonds. The summed E-state index contributed by atoms with van der Waals surface area (Å²) in [7, 11) is 0. The second-order valence-electron chi connectivity index (χ2n) is 8.66. The van der Waals surface area contributed by atoms with Crippen LogP contribution in [0.4, 0.5) is 10.5 Å². The molecule has 168 valence electrons. The molecule has 3 N–H and O–H groups in total. The van der Waals surface area contributed by atoms with Crippen LogP contribution in [0.1, 0.15) is 44.0 Å². The molecule has 1 saturated heterocycles. The predicted octanol–water partition coefficient (Wildman–Crippen LogP) is 3.29. The molecule has 10 heteroatoms. The Morgan fingerprint density at radius 1 is 1.35 bits per heavy atom. The number of ether oxygens (including phenoxy) is 1. The van der Waals surface area contributed by atoms with Crippen molar-refractivity contribution in [3.63, 3.8) is 0 Å². The van der Waals surface area contributed by atoms with E-state index in [2.05, 4.69) is 10.3 Å². The fraction of sp³-hybridized carbons (Fsp3) is 0.476. The third-order valence-electron chi connectivity index (χ3n) is 5.11. The summed E-state index contributed by atoms with van der Waals surface area (Å²) < 4.78 is 5.36. The predicted molar refractivity (Wildman–Crippen MR) is 118 cm³/mol. The van der Waals surface area contributed by atoms with Crippen molar-refractivity contribution >= 4 is 40.2 Å². The van der Waals surface area contributed by atoms with Gasteiger partial charge in [0.05, 0.1) is 27.4 Å². The lowest BCUT2D eigenvalue weighted by atomic mass is 9.91. The minimum Gasteiger partial charge on any atom is -0.761 e. The van der Waals surface area contributed by atoms with Crippen molar-refractivity contribution < 1.29 is 19.4 Å². The zero-order valence-electron chi connectivity index (χ0n) is 17.7. The van der Waals surface area contributed by atoms with Gasteiger partial charge in [0.25, 0.3) is 5.91 Å². The Balaban J connectivity index is 1.66. The number of nitrogens with zero attached hydrogens (tertiary/aromatic N) is 2. The normalized spacial score (nSPS) is 16.1. The van der Waals surface area contributed by atoms with Crippen molar-refractivity contribution in [2.24, 2.45) is 0 Å². The van der Waals surface area contributed by atoms with Gasteiger partial charge in [0, 0.05) is 31.2 Å². The Bertz CT molecular complexity index is 984. The molecule has 0 radical (unpaired) electrons. The first kappa shape index (κ1) is 23.1. The number of aromatic nitrogens is 1. The molecular weight excluding hydrogens is 424 g/mol. The molecule has 0 atom stereocenters. The highest BCUT2D eigenvalue weighted by Crippen LogP contribution is 2.33. The maximum atomic E-state index is 12.8. The number of aliphatic hydroxyl groups is 1. The lowest BCUT2D eigenvalue weighted by molar-refractivity contribution is -0.0303. The standard InChI is InChI=1S/C21H26ClN4O5/c1-20(2,3)31-19(28)26-9-6-21(29,7-10-26)12-24-18(27)14-11-15(22)17(25-30)13-5-4-8-23-16(13)14/h4-5,8,11,25,29H,6-7,9-10,12H2,1-3H3,(H,24,27)/q-1. The number of halogens is 1. The van der Waals surface area contributed by atoms with Gasteiger partial charge in [-0.05, 0) is 51.8 Å². The first-order valence-electron chi connectivity index (χ1n) is 9.97. The van der Waals surface area contributed by atoms with Gasteiger partial charge in [0.1, 0.15) is 5.60 Å². The van der Waals surface area contributed by atoms with E-state index in [1.54, 1.807) is 43.3 Å². The van der Waals surface area contributed by atoms with Crippen molar-refractivity contribution in [1.29, 1.82) is 0 Å². The van der Waals surface area contributed by atoms with Crippen LogP contribution in [-0.4, -0.2) is 57.8 Å². The summed E-state index contributed by atoms with van der Waals surface area (Å²) in [5.74, 6) is -0.467. The van der Waals surface area contributed by atoms with Gasteiger partial charge in [0.15, 0.2) is 0 Å². The molecule has 1 aliphatic heterocycles. The number of hydrogen-bond acceptors (Lipinski definition) is 7. The van der Waals surface area contributed by atoms with E-state index in [0.29, 0.717) is 36.8 Å². The molecule has 0 unspecified atom stereocenters. The maximum Gasteiger partial charge on any atom is 0.410 e. The fourth-order valence-electron chi connectivity index (χ4n) is 3.44. The number of rotatable bonds is 4. The summed E-state index contributed by atoms with van der Waals surface area (Å²) in [6.45, 7) is 6.03. The first-order valence-corrected chi connectivity index (χ1v) is 10.3. The van der Waals surface area contributed by atoms with Crippen LogP contribution in [0.2, 0.25) is 5.02 Å².